The van der Waals surface area contributed by atoms with E-state index in [-0.39, 0.29) is 24.1 Å². The van der Waals surface area contributed by atoms with Crippen LogP contribution in [0.15, 0.2) is 36.0 Å². The van der Waals surface area contributed by atoms with Gasteiger partial charge in [-0.25, -0.2) is 0 Å². The lowest BCUT2D eigenvalue weighted by Gasteiger charge is -2.24. The zero-order valence-corrected chi connectivity index (χ0v) is 15.4. The van der Waals surface area contributed by atoms with Gasteiger partial charge < -0.3 is 10.2 Å². The van der Waals surface area contributed by atoms with Gasteiger partial charge in [0.2, 0.25) is 0 Å². The van der Waals surface area contributed by atoms with E-state index in [1.807, 2.05) is 26.2 Å². The van der Waals surface area contributed by atoms with Gasteiger partial charge in [0.15, 0.2) is 5.78 Å². The number of hydrogen-bond acceptors (Lipinski definition) is 3. The highest BCUT2D eigenvalue weighted by atomic mass is 127. The normalized spacial score (nSPS) is 18.2. The summed E-state index contributed by atoms with van der Waals surface area (Å²) in [6, 6.07) is 8.31. The third-order valence-electron chi connectivity index (χ3n) is 3.53. The van der Waals surface area contributed by atoms with Gasteiger partial charge in [0, 0.05) is 34.4 Å². The molecule has 0 amide bonds. The van der Waals surface area contributed by atoms with E-state index in [1.54, 1.807) is 6.08 Å². The van der Waals surface area contributed by atoms with Gasteiger partial charge in [0.25, 0.3) is 0 Å². The summed E-state index contributed by atoms with van der Waals surface area (Å²) < 4.78 is 1.26. The molecule has 21 heavy (non-hydrogen) atoms. The molecular weight excluding hydrogens is 399 g/mol. The second-order valence-electron chi connectivity index (χ2n) is 5.51. The maximum atomic E-state index is 12.1. The smallest absolute Gasteiger partial charge is 0.161 e. The van der Waals surface area contributed by atoms with Crippen LogP contribution in [0.3, 0.4) is 0 Å². The number of halogens is 2. The van der Waals surface area contributed by atoms with Crippen LogP contribution in [-0.4, -0.2) is 31.3 Å². The van der Waals surface area contributed by atoms with E-state index in [0.717, 1.165) is 31.6 Å². The molecule has 0 saturated carbocycles. The summed E-state index contributed by atoms with van der Waals surface area (Å²) in [6.45, 7) is 1.63. The third kappa shape index (κ3) is 5.60. The summed E-state index contributed by atoms with van der Waals surface area (Å²) >= 11 is 2.34. The van der Waals surface area contributed by atoms with Crippen molar-refractivity contribution >= 4 is 40.8 Å². The minimum Gasteiger partial charge on any atom is -0.384 e. The molecule has 0 aliphatic heterocycles. The molecule has 3 nitrogen and oxygen atoms in total. The predicted octanol–water partition coefficient (Wildman–Crippen LogP) is 3.23. The van der Waals surface area contributed by atoms with Crippen molar-refractivity contribution in [2.24, 2.45) is 5.92 Å². The molecule has 5 heteroatoms. The van der Waals surface area contributed by atoms with Crippen LogP contribution in [0.1, 0.15) is 18.4 Å². The Morgan fingerprint density at radius 2 is 2.05 bits per heavy atom. The van der Waals surface area contributed by atoms with Gasteiger partial charge in [-0.2, -0.15) is 0 Å². The molecule has 1 aromatic rings. The monoisotopic (exact) mass is 420 g/mol. The molecule has 116 valence electrons. The number of rotatable bonds is 5. The van der Waals surface area contributed by atoms with Crippen LogP contribution in [0.2, 0.25) is 0 Å². The Morgan fingerprint density at radius 1 is 1.33 bits per heavy atom. The van der Waals surface area contributed by atoms with Crippen molar-refractivity contribution in [2.75, 3.05) is 20.6 Å². The average Bonchev–Trinajstić information content (AvgIpc) is 2.40. The maximum absolute atomic E-state index is 12.1. The molecule has 0 saturated heterocycles. The number of allylic oxidation sites excluding steroid dienone is 2. The number of benzene rings is 1. The summed E-state index contributed by atoms with van der Waals surface area (Å²) in [5.74, 6) is 0.419. The summed E-state index contributed by atoms with van der Waals surface area (Å²) in [7, 11) is 4.03. The van der Waals surface area contributed by atoms with E-state index in [2.05, 4.69) is 44.9 Å². The number of nitrogens with one attached hydrogen (secondary N) is 1. The first-order chi connectivity index (χ1) is 9.56. The highest BCUT2D eigenvalue weighted by Crippen LogP contribution is 2.20. The van der Waals surface area contributed by atoms with Crippen molar-refractivity contribution in [3.8, 4) is 0 Å². The second-order valence-corrected chi connectivity index (χ2v) is 6.68. The Morgan fingerprint density at radius 3 is 2.67 bits per heavy atom. The molecule has 1 aliphatic carbocycles. The SMILES string of the molecule is CN(C)CC1CCC(NCc2ccccc2I)=CC1=O.Cl. The van der Waals surface area contributed by atoms with Gasteiger partial charge in [0.1, 0.15) is 0 Å². The average molecular weight is 421 g/mol. The van der Waals surface area contributed by atoms with Crippen molar-refractivity contribution in [3.63, 3.8) is 0 Å². The zero-order chi connectivity index (χ0) is 14.5. The highest BCUT2D eigenvalue weighted by molar-refractivity contribution is 14.1. The molecule has 1 aromatic carbocycles. The van der Waals surface area contributed by atoms with E-state index in [4.69, 9.17) is 0 Å². The largest absolute Gasteiger partial charge is 0.384 e. The first-order valence-corrected chi connectivity index (χ1v) is 8.00. The topological polar surface area (TPSA) is 32.3 Å². The van der Waals surface area contributed by atoms with Gasteiger partial charge in [-0.15, -0.1) is 12.4 Å². The molecule has 1 aliphatic rings. The van der Waals surface area contributed by atoms with Crippen molar-refractivity contribution in [1.82, 2.24) is 10.2 Å². The molecule has 1 N–H and O–H groups in total. The summed E-state index contributed by atoms with van der Waals surface area (Å²) in [5, 5.41) is 3.40. The maximum Gasteiger partial charge on any atom is 0.161 e. The minimum absolute atomic E-state index is 0. The molecule has 0 radical (unpaired) electrons. The molecular formula is C16H22ClIN2O. The Balaban J connectivity index is 0.00000220. The number of hydrogen-bond donors (Lipinski definition) is 1. The first kappa shape index (κ1) is 18.5. The van der Waals surface area contributed by atoms with Crippen LogP contribution >= 0.6 is 35.0 Å². The van der Waals surface area contributed by atoms with E-state index >= 15 is 0 Å². The van der Waals surface area contributed by atoms with Crippen molar-refractivity contribution in [2.45, 2.75) is 19.4 Å². The first-order valence-electron chi connectivity index (χ1n) is 6.92. The molecule has 0 bridgehead atoms. The van der Waals surface area contributed by atoms with E-state index < -0.39 is 0 Å². The molecule has 0 aromatic heterocycles. The minimum atomic E-state index is 0. The second kappa shape index (κ2) is 8.76. The van der Waals surface area contributed by atoms with Gasteiger partial charge in [-0.3, -0.25) is 4.79 Å². The van der Waals surface area contributed by atoms with Crippen molar-refractivity contribution in [3.05, 3.63) is 45.2 Å². The van der Waals surface area contributed by atoms with E-state index in [9.17, 15) is 4.79 Å². The summed E-state index contributed by atoms with van der Waals surface area (Å²) in [4.78, 5) is 14.2. The lowest BCUT2D eigenvalue weighted by molar-refractivity contribution is -0.119. The Kier molecular flexibility index (Phi) is 7.70. The van der Waals surface area contributed by atoms with Crippen LogP contribution in [0, 0.1) is 9.49 Å². The molecule has 0 fully saturated rings. The van der Waals surface area contributed by atoms with Crippen LogP contribution in [0.4, 0.5) is 0 Å². The fourth-order valence-electron chi connectivity index (χ4n) is 2.45. The van der Waals surface area contributed by atoms with Gasteiger partial charge in [-0.1, -0.05) is 18.2 Å². The van der Waals surface area contributed by atoms with Crippen molar-refractivity contribution in [1.29, 1.82) is 0 Å². The van der Waals surface area contributed by atoms with Crippen LogP contribution in [0.5, 0.6) is 0 Å². The van der Waals surface area contributed by atoms with Crippen molar-refractivity contribution < 1.29 is 4.79 Å². The number of carbonyl (C=O) groups is 1. The highest BCUT2D eigenvalue weighted by Gasteiger charge is 2.22. The molecule has 2 rings (SSSR count). The van der Waals surface area contributed by atoms with Gasteiger partial charge in [-0.05, 0) is 61.2 Å². The number of nitrogens with zero attached hydrogens (tertiary/aromatic N) is 1. The fourth-order valence-corrected chi connectivity index (χ4v) is 3.02. The Bertz CT molecular complexity index is 517. The lowest BCUT2D eigenvalue weighted by atomic mass is 9.91. The molecule has 1 atom stereocenters. The molecule has 0 heterocycles. The molecule has 0 spiro atoms. The van der Waals surface area contributed by atoms with Crippen LogP contribution < -0.4 is 5.32 Å². The summed E-state index contributed by atoms with van der Waals surface area (Å²) in [6.07, 6.45) is 3.71. The third-order valence-corrected chi connectivity index (χ3v) is 4.58. The quantitative estimate of drug-likeness (QED) is 0.742. The van der Waals surface area contributed by atoms with E-state index in [0.29, 0.717) is 0 Å². The lowest BCUT2D eigenvalue weighted by Crippen LogP contribution is -2.31. The van der Waals surface area contributed by atoms with Crippen LogP contribution in [0.25, 0.3) is 0 Å². The number of carbonyl (C=O) groups excluding carboxylic acids is 1. The Labute approximate surface area is 146 Å². The molecule has 1 unspecified atom stereocenters. The van der Waals surface area contributed by atoms with Crippen LogP contribution in [-0.2, 0) is 11.3 Å². The fraction of sp³-hybridized carbons (Fsp3) is 0.438. The summed E-state index contributed by atoms with van der Waals surface area (Å²) in [5.41, 5.74) is 2.35. The number of ketones is 1. The van der Waals surface area contributed by atoms with E-state index in [1.165, 1.54) is 9.13 Å². The predicted molar refractivity (Wildman–Crippen MR) is 97.6 cm³/mol. The standard InChI is InChI=1S/C16H21IN2O.ClH/c1-19(2)11-13-7-8-14(9-16(13)20)18-10-12-5-3-4-6-15(12)17;/h3-6,9,13,18H,7-8,10-11H2,1-2H3;1H. The van der Waals surface area contributed by atoms with Gasteiger partial charge in [0.05, 0.1) is 0 Å². The zero-order valence-electron chi connectivity index (χ0n) is 12.4. The Hall–Kier alpha value is -0.590. The van der Waals surface area contributed by atoms with Gasteiger partial charge >= 0.3 is 0 Å².